The quantitative estimate of drug-likeness (QED) is 0.185. The van der Waals surface area contributed by atoms with Crippen molar-refractivity contribution >= 4 is 40.6 Å². The number of benzene rings is 1. The van der Waals surface area contributed by atoms with Crippen molar-refractivity contribution in [3.8, 4) is 0 Å². The molecule has 13 heteroatoms. The van der Waals surface area contributed by atoms with Gasteiger partial charge in [0.25, 0.3) is 0 Å². The van der Waals surface area contributed by atoms with Crippen LogP contribution >= 0.6 is 11.8 Å². The van der Waals surface area contributed by atoms with Crippen molar-refractivity contribution < 1.29 is 19.8 Å². The van der Waals surface area contributed by atoms with E-state index < -0.39 is 36.0 Å². The van der Waals surface area contributed by atoms with Crippen LogP contribution in [0.4, 0.5) is 5.82 Å². The van der Waals surface area contributed by atoms with Crippen LogP contribution in [-0.4, -0.2) is 77.5 Å². The number of primary amides is 1. The largest absolute Gasteiger partial charge is 0.390 e. The third-order valence-corrected chi connectivity index (χ3v) is 7.87. The Morgan fingerprint density at radius 3 is 2.68 bits per heavy atom. The molecule has 2 aliphatic rings. The van der Waals surface area contributed by atoms with Crippen LogP contribution < -0.4 is 16.4 Å². The van der Waals surface area contributed by atoms with Crippen molar-refractivity contribution in [1.82, 2.24) is 30.3 Å². The molecule has 12 nitrogen and oxygen atoms in total. The van der Waals surface area contributed by atoms with E-state index in [1.165, 1.54) is 22.0 Å². The smallest absolute Gasteiger partial charge is 0.236 e. The van der Waals surface area contributed by atoms with E-state index in [0.29, 0.717) is 28.1 Å². The summed E-state index contributed by atoms with van der Waals surface area (Å²) in [5, 5.41) is 36.4. The van der Waals surface area contributed by atoms with E-state index in [0.717, 1.165) is 18.6 Å². The van der Waals surface area contributed by atoms with Crippen molar-refractivity contribution in [2.75, 3.05) is 17.6 Å². The number of aromatic nitrogens is 5. The van der Waals surface area contributed by atoms with Crippen LogP contribution in [-0.2, 0) is 9.59 Å². The molecule has 0 bridgehead atoms. The Labute approximate surface area is 217 Å². The summed E-state index contributed by atoms with van der Waals surface area (Å²) in [7, 11) is 0. The minimum Gasteiger partial charge on any atom is -0.390 e. The van der Waals surface area contributed by atoms with Crippen molar-refractivity contribution in [3.63, 3.8) is 0 Å². The number of hydrogen-bond donors (Lipinski definition) is 5. The summed E-state index contributed by atoms with van der Waals surface area (Å²) in [5.74, 6) is -0.421. The van der Waals surface area contributed by atoms with Gasteiger partial charge in [-0.25, -0.2) is 14.6 Å². The lowest BCUT2D eigenvalue weighted by Crippen LogP contribution is -2.41. The molecule has 6 N–H and O–H groups in total. The molecule has 5 rings (SSSR count). The van der Waals surface area contributed by atoms with Crippen LogP contribution in [0.3, 0.4) is 0 Å². The summed E-state index contributed by atoms with van der Waals surface area (Å²) in [5.41, 5.74) is 7.24. The van der Waals surface area contributed by atoms with E-state index >= 15 is 0 Å². The van der Waals surface area contributed by atoms with Gasteiger partial charge in [0, 0.05) is 17.7 Å². The SMILES string of the molecule is CCCSc1nc(NC2CC2c2ccccc2)c2nnn([C@H]3C[C@@H](C(=O)NCC(N)=O)[C@H](O)[C@@H]3O)c2n1. The Morgan fingerprint density at radius 1 is 1.16 bits per heavy atom. The van der Waals surface area contributed by atoms with Crippen LogP contribution in [0.1, 0.15) is 43.7 Å². The zero-order valence-electron chi connectivity index (χ0n) is 20.3. The van der Waals surface area contributed by atoms with E-state index in [1.54, 1.807) is 0 Å². The molecule has 3 aromatic rings. The van der Waals surface area contributed by atoms with Crippen molar-refractivity contribution in [2.45, 2.75) is 61.6 Å². The van der Waals surface area contributed by atoms with E-state index in [4.69, 9.17) is 10.7 Å². The molecule has 2 heterocycles. The van der Waals surface area contributed by atoms with Crippen molar-refractivity contribution in [1.29, 1.82) is 0 Å². The van der Waals surface area contributed by atoms with Crippen LogP contribution in [0.15, 0.2) is 35.5 Å². The molecule has 2 fully saturated rings. The first-order valence-corrected chi connectivity index (χ1v) is 13.3. The summed E-state index contributed by atoms with van der Waals surface area (Å²) >= 11 is 1.51. The van der Waals surface area contributed by atoms with Gasteiger partial charge in [0.1, 0.15) is 6.10 Å². The highest BCUT2D eigenvalue weighted by Crippen LogP contribution is 2.43. The number of carbonyl (C=O) groups excluding carboxylic acids is 2. The molecule has 2 unspecified atom stereocenters. The van der Waals surface area contributed by atoms with E-state index in [2.05, 4.69) is 45.0 Å². The first kappa shape index (κ1) is 25.4. The van der Waals surface area contributed by atoms with Gasteiger partial charge in [-0.2, -0.15) is 0 Å². The second-order valence-corrected chi connectivity index (χ2v) is 10.6. The number of aliphatic hydroxyl groups excluding tert-OH is 2. The predicted octanol–water partition coefficient (Wildman–Crippen LogP) is 0.576. The highest BCUT2D eigenvalue weighted by molar-refractivity contribution is 7.99. The molecule has 0 aliphatic heterocycles. The van der Waals surface area contributed by atoms with Crippen LogP contribution in [0.25, 0.3) is 11.2 Å². The Morgan fingerprint density at radius 2 is 1.95 bits per heavy atom. The summed E-state index contributed by atoms with van der Waals surface area (Å²) in [6, 6.07) is 9.75. The predicted molar refractivity (Wildman–Crippen MR) is 137 cm³/mol. The number of nitrogens with two attached hydrogens (primary N) is 1. The highest BCUT2D eigenvalue weighted by Gasteiger charge is 2.47. The fourth-order valence-electron chi connectivity index (χ4n) is 4.81. The molecule has 196 valence electrons. The Hall–Kier alpha value is -3.29. The Bertz CT molecular complexity index is 1290. The number of aliphatic hydroxyl groups is 2. The maximum atomic E-state index is 12.5. The van der Waals surface area contributed by atoms with Crippen LogP contribution in [0.2, 0.25) is 0 Å². The molecule has 0 saturated heterocycles. The van der Waals surface area contributed by atoms with Gasteiger partial charge in [0.05, 0.1) is 24.6 Å². The number of nitrogens with one attached hydrogen (secondary N) is 2. The summed E-state index contributed by atoms with van der Waals surface area (Å²) < 4.78 is 1.47. The molecule has 2 aromatic heterocycles. The Balaban J connectivity index is 1.42. The molecule has 0 spiro atoms. The highest BCUT2D eigenvalue weighted by atomic mass is 32.2. The minimum absolute atomic E-state index is 0.0916. The zero-order chi connectivity index (χ0) is 26.1. The van der Waals surface area contributed by atoms with Crippen LogP contribution in [0.5, 0.6) is 0 Å². The number of carbonyl (C=O) groups is 2. The van der Waals surface area contributed by atoms with Crippen LogP contribution in [0, 0.1) is 5.92 Å². The Kier molecular flexibility index (Phi) is 7.26. The molecular weight excluding hydrogens is 496 g/mol. The third-order valence-electron chi connectivity index (χ3n) is 6.82. The lowest BCUT2D eigenvalue weighted by atomic mass is 10.0. The summed E-state index contributed by atoms with van der Waals surface area (Å²) in [6.45, 7) is 1.73. The second kappa shape index (κ2) is 10.6. The number of thioether (sulfide) groups is 1. The summed E-state index contributed by atoms with van der Waals surface area (Å²) in [4.78, 5) is 32.9. The molecule has 0 radical (unpaired) electrons. The monoisotopic (exact) mass is 526 g/mol. The number of anilines is 1. The second-order valence-electron chi connectivity index (χ2n) is 9.49. The van der Waals surface area contributed by atoms with Crippen molar-refractivity contribution in [2.24, 2.45) is 11.7 Å². The molecule has 6 atom stereocenters. The van der Waals surface area contributed by atoms with E-state index in [-0.39, 0.29) is 19.0 Å². The first-order valence-electron chi connectivity index (χ1n) is 12.4. The third kappa shape index (κ3) is 5.24. The zero-order valence-corrected chi connectivity index (χ0v) is 21.1. The van der Waals surface area contributed by atoms with Gasteiger partial charge in [-0.05, 0) is 24.8 Å². The number of hydrogen-bond acceptors (Lipinski definition) is 10. The van der Waals surface area contributed by atoms with Gasteiger partial charge in [-0.3, -0.25) is 9.59 Å². The molecule has 2 saturated carbocycles. The van der Waals surface area contributed by atoms with Gasteiger partial charge < -0.3 is 26.6 Å². The lowest BCUT2D eigenvalue weighted by molar-refractivity contribution is -0.130. The number of nitrogens with zero attached hydrogens (tertiary/aromatic N) is 5. The first-order chi connectivity index (χ1) is 17.9. The van der Waals surface area contributed by atoms with Gasteiger partial charge in [-0.15, -0.1) is 5.10 Å². The molecule has 1 aromatic carbocycles. The normalized spacial score (nSPS) is 26.8. The molecule has 37 heavy (non-hydrogen) atoms. The van der Waals surface area contributed by atoms with Gasteiger partial charge in [-0.1, -0.05) is 54.2 Å². The number of fused-ring (bicyclic) bond motifs is 1. The van der Waals surface area contributed by atoms with Gasteiger partial charge in [0.15, 0.2) is 22.1 Å². The topological polar surface area (TPSA) is 181 Å². The van der Waals surface area contributed by atoms with E-state index in [9.17, 15) is 19.8 Å². The fourth-order valence-corrected chi connectivity index (χ4v) is 5.50. The standard InChI is InChI=1S/C24H30N8O4S/c1-2-8-37-24-28-21(27-15-9-13(15)12-6-4-3-5-7-12)18-22(29-24)32(31-30-18)16-10-14(19(34)20(16)35)23(36)26-11-17(25)33/h3-7,13-16,19-20,34-35H,2,8-11H2,1H3,(H2,25,33)(H,26,36)(H,27,28,29)/t13?,14-,15?,16+,19+,20-/m1/s1. The lowest BCUT2D eigenvalue weighted by Gasteiger charge is -2.17. The maximum absolute atomic E-state index is 12.5. The van der Waals surface area contributed by atoms with E-state index in [1.807, 2.05) is 18.2 Å². The molecule has 2 aliphatic carbocycles. The molecule has 2 amide bonds. The average molecular weight is 527 g/mol. The number of amides is 2. The summed E-state index contributed by atoms with van der Waals surface area (Å²) in [6.07, 6.45) is -0.618. The minimum atomic E-state index is -1.34. The number of rotatable bonds is 10. The fraction of sp³-hybridized carbons (Fsp3) is 0.500. The maximum Gasteiger partial charge on any atom is 0.236 e. The average Bonchev–Trinajstić information content (AvgIpc) is 3.44. The van der Waals surface area contributed by atoms with Crippen molar-refractivity contribution in [3.05, 3.63) is 35.9 Å². The molecular formula is C24H30N8O4S. The van der Waals surface area contributed by atoms with Gasteiger partial charge >= 0.3 is 0 Å². The van der Waals surface area contributed by atoms with Gasteiger partial charge in [0.2, 0.25) is 11.8 Å².